The van der Waals surface area contributed by atoms with Gasteiger partial charge >= 0.3 is 6.18 Å². The maximum atomic E-state index is 12.3. The smallest absolute Gasteiger partial charge is 0.380 e. The van der Waals surface area contributed by atoms with Gasteiger partial charge in [-0.1, -0.05) is 25.5 Å². The Morgan fingerprint density at radius 2 is 1.79 bits per heavy atom. The van der Waals surface area contributed by atoms with Gasteiger partial charge in [0.1, 0.15) is 0 Å². The van der Waals surface area contributed by atoms with E-state index in [-0.39, 0.29) is 0 Å². The molecule has 5 heteroatoms. The lowest BCUT2D eigenvalue weighted by Gasteiger charge is -2.08. The zero-order valence-electron chi connectivity index (χ0n) is 11.1. The molecule has 0 aliphatic rings. The summed E-state index contributed by atoms with van der Waals surface area (Å²) in [6.45, 7) is 4.74. The molecular formula is C14H20F3NO. The van der Waals surface area contributed by atoms with E-state index in [0.29, 0.717) is 19.7 Å². The van der Waals surface area contributed by atoms with Crippen LogP contribution in [-0.2, 0) is 17.5 Å². The first-order valence-electron chi connectivity index (χ1n) is 6.48. The quantitative estimate of drug-likeness (QED) is 0.732. The molecule has 0 heterocycles. The molecule has 1 rings (SSSR count). The van der Waals surface area contributed by atoms with Crippen LogP contribution < -0.4 is 5.32 Å². The molecule has 0 aliphatic heterocycles. The van der Waals surface area contributed by atoms with Crippen LogP contribution >= 0.6 is 0 Å². The number of rotatable bonds is 8. The van der Waals surface area contributed by atoms with Crippen LogP contribution in [0, 0.1) is 0 Å². The Labute approximate surface area is 112 Å². The van der Waals surface area contributed by atoms with Crippen molar-refractivity contribution in [3.8, 4) is 0 Å². The first-order chi connectivity index (χ1) is 9.04. The van der Waals surface area contributed by atoms with E-state index in [1.54, 1.807) is 0 Å². The van der Waals surface area contributed by atoms with Crippen LogP contribution in [0.4, 0.5) is 13.2 Å². The molecule has 19 heavy (non-hydrogen) atoms. The molecule has 0 amide bonds. The second-order valence-electron chi connectivity index (χ2n) is 4.34. The first kappa shape index (κ1) is 16.0. The van der Waals surface area contributed by atoms with Gasteiger partial charge in [0.2, 0.25) is 0 Å². The van der Waals surface area contributed by atoms with Gasteiger partial charge in [-0.25, -0.2) is 0 Å². The zero-order valence-corrected chi connectivity index (χ0v) is 11.1. The number of nitrogens with one attached hydrogen (secondary N) is 1. The Bertz CT molecular complexity index is 349. The summed E-state index contributed by atoms with van der Waals surface area (Å²) >= 11 is 0. The van der Waals surface area contributed by atoms with Crippen molar-refractivity contribution in [2.24, 2.45) is 0 Å². The third-order valence-corrected chi connectivity index (χ3v) is 2.68. The molecule has 0 saturated heterocycles. The summed E-state index contributed by atoms with van der Waals surface area (Å²) in [5, 5.41) is 3.13. The predicted molar refractivity (Wildman–Crippen MR) is 68.9 cm³/mol. The van der Waals surface area contributed by atoms with Crippen molar-refractivity contribution in [1.29, 1.82) is 0 Å². The highest BCUT2D eigenvalue weighted by Crippen LogP contribution is 2.28. The standard InChI is InChI=1S/C14H20F3NO/c1-2-3-9-19-10-8-18-11-12-4-6-13(7-5-12)14(15,16)17/h4-7,18H,2-3,8-11H2,1H3. The van der Waals surface area contributed by atoms with Crippen LogP contribution in [0.1, 0.15) is 30.9 Å². The van der Waals surface area contributed by atoms with E-state index in [4.69, 9.17) is 4.74 Å². The summed E-state index contributed by atoms with van der Waals surface area (Å²) in [6.07, 6.45) is -2.10. The SMILES string of the molecule is CCCCOCCNCc1ccc(C(F)(F)F)cc1. The molecule has 0 aromatic heterocycles. The van der Waals surface area contributed by atoms with Crippen molar-refractivity contribution in [3.63, 3.8) is 0 Å². The summed E-state index contributed by atoms with van der Waals surface area (Å²) in [5.41, 5.74) is 0.223. The topological polar surface area (TPSA) is 21.3 Å². The van der Waals surface area contributed by atoms with Gasteiger partial charge in [0.15, 0.2) is 0 Å². The second-order valence-corrected chi connectivity index (χ2v) is 4.34. The van der Waals surface area contributed by atoms with Gasteiger partial charge in [-0.2, -0.15) is 13.2 Å². The Kier molecular flexibility index (Phi) is 6.87. The number of hydrogen-bond donors (Lipinski definition) is 1. The number of unbranched alkanes of at least 4 members (excludes halogenated alkanes) is 1. The number of benzene rings is 1. The number of hydrogen-bond acceptors (Lipinski definition) is 2. The van der Waals surface area contributed by atoms with E-state index in [9.17, 15) is 13.2 Å². The molecule has 0 atom stereocenters. The lowest BCUT2D eigenvalue weighted by molar-refractivity contribution is -0.137. The Hall–Kier alpha value is -1.07. The Morgan fingerprint density at radius 1 is 1.11 bits per heavy atom. The average molecular weight is 275 g/mol. The zero-order chi connectivity index (χ0) is 14.1. The fraction of sp³-hybridized carbons (Fsp3) is 0.571. The van der Waals surface area contributed by atoms with Crippen molar-refractivity contribution in [2.45, 2.75) is 32.5 Å². The third-order valence-electron chi connectivity index (χ3n) is 2.68. The summed E-state index contributed by atoms with van der Waals surface area (Å²) in [5.74, 6) is 0. The number of ether oxygens (including phenoxy) is 1. The Morgan fingerprint density at radius 3 is 2.37 bits per heavy atom. The van der Waals surface area contributed by atoms with Crippen LogP contribution in [-0.4, -0.2) is 19.8 Å². The highest BCUT2D eigenvalue weighted by Gasteiger charge is 2.29. The largest absolute Gasteiger partial charge is 0.416 e. The summed E-state index contributed by atoms with van der Waals surface area (Å²) < 4.78 is 42.4. The van der Waals surface area contributed by atoms with Crippen molar-refractivity contribution >= 4 is 0 Å². The molecule has 0 aliphatic carbocycles. The minimum atomic E-state index is -4.26. The van der Waals surface area contributed by atoms with Crippen LogP contribution in [0.25, 0.3) is 0 Å². The van der Waals surface area contributed by atoms with E-state index in [1.807, 2.05) is 0 Å². The molecular weight excluding hydrogens is 255 g/mol. The second kappa shape index (κ2) is 8.17. The number of halogens is 3. The average Bonchev–Trinajstić information content (AvgIpc) is 2.37. The van der Waals surface area contributed by atoms with Crippen molar-refractivity contribution in [3.05, 3.63) is 35.4 Å². The van der Waals surface area contributed by atoms with Crippen molar-refractivity contribution in [2.75, 3.05) is 19.8 Å². The van der Waals surface area contributed by atoms with Gasteiger partial charge in [-0.3, -0.25) is 0 Å². The van der Waals surface area contributed by atoms with Gasteiger partial charge in [-0.05, 0) is 24.1 Å². The third kappa shape index (κ3) is 6.59. The van der Waals surface area contributed by atoms with Gasteiger partial charge in [0.05, 0.1) is 12.2 Å². The highest BCUT2D eigenvalue weighted by molar-refractivity contribution is 5.24. The van der Waals surface area contributed by atoms with Crippen molar-refractivity contribution < 1.29 is 17.9 Å². The minimum absolute atomic E-state index is 0.551. The highest BCUT2D eigenvalue weighted by atomic mass is 19.4. The molecule has 1 N–H and O–H groups in total. The maximum Gasteiger partial charge on any atom is 0.416 e. The first-order valence-corrected chi connectivity index (χ1v) is 6.48. The van der Waals surface area contributed by atoms with E-state index in [0.717, 1.165) is 37.1 Å². The molecule has 1 aromatic rings. The summed E-state index contributed by atoms with van der Waals surface area (Å²) in [7, 11) is 0. The molecule has 0 radical (unpaired) electrons. The van der Waals surface area contributed by atoms with Gasteiger partial charge in [0, 0.05) is 19.7 Å². The van der Waals surface area contributed by atoms with Gasteiger partial charge in [0.25, 0.3) is 0 Å². The fourth-order valence-electron chi connectivity index (χ4n) is 1.54. The molecule has 1 aromatic carbocycles. The maximum absolute atomic E-state index is 12.3. The minimum Gasteiger partial charge on any atom is -0.380 e. The van der Waals surface area contributed by atoms with Gasteiger partial charge in [-0.15, -0.1) is 0 Å². The van der Waals surface area contributed by atoms with Crippen LogP contribution in [0.2, 0.25) is 0 Å². The van der Waals surface area contributed by atoms with E-state index < -0.39 is 11.7 Å². The molecule has 0 fully saturated rings. The lowest BCUT2D eigenvalue weighted by atomic mass is 10.1. The lowest BCUT2D eigenvalue weighted by Crippen LogP contribution is -2.19. The van der Waals surface area contributed by atoms with Crippen LogP contribution in [0.3, 0.4) is 0 Å². The molecule has 0 saturated carbocycles. The predicted octanol–water partition coefficient (Wildman–Crippen LogP) is 3.61. The van der Waals surface area contributed by atoms with Crippen LogP contribution in [0.15, 0.2) is 24.3 Å². The molecule has 0 spiro atoms. The van der Waals surface area contributed by atoms with E-state index >= 15 is 0 Å². The van der Waals surface area contributed by atoms with E-state index in [1.165, 1.54) is 12.1 Å². The summed E-state index contributed by atoms with van der Waals surface area (Å²) in [4.78, 5) is 0. The van der Waals surface area contributed by atoms with Gasteiger partial charge < -0.3 is 10.1 Å². The van der Waals surface area contributed by atoms with Crippen LogP contribution in [0.5, 0.6) is 0 Å². The molecule has 0 bridgehead atoms. The monoisotopic (exact) mass is 275 g/mol. The molecule has 0 unspecified atom stereocenters. The van der Waals surface area contributed by atoms with E-state index in [2.05, 4.69) is 12.2 Å². The van der Waals surface area contributed by atoms with Crippen molar-refractivity contribution in [1.82, 2.24) is 5.32 Å². The normalized spacial score (nSPS) is 11.8. The fourth-order valence-corrected chi connectivity index (χ4v) is 1.54. The molecule has 2 nitrogen and oxygen atoms in total. The Balaban J connectivity index is 2.20. The summed E-state index contributed by atoms with van der Waals surface area (Å²) in [6, 6.07) is 5.20. The number of alkyl halides is 3. The molecule has 108 valence electrons.